The fraction of sp³-hybridized carbons (Fsp3) is 0.176. The SMILES string of the molecule is Cc1ccc2c(c1)S[C@@H](C(=O)Nc1ccc(C#N)cc1)C2. The van der Waals surface area contributed by atoms with Crippen LogP contribution >= 0.6 is 11.8 Å². The van der Waals surface area contributed by atoms with Crippen molar-refractivity contribution in [3.8, 4) is 6.07 Å². The van der Waals surface area contributed by atoms with E-state index in [0.29, 0.717) is 5.56 Å². The Morgan fingerprint density at radius 2 is 2.05 bits per heavy atom. The Labute approximate surface area is 128 Å². The second kappa shape index (κ2) is 5.63. The van der Waals surface area contributed by atoms with E-state index in [1.807, 2.05) is 0 Å². The summed E-state index contributed by atoms with van der Waals surface area (Å²) in [5.41, 5.74) is 3.78. The van der Waals surface area contributed by atoms with Crippen molar-refractivity contribution >= 4 is 23.4 Å². The van der Waals surface area contributed by atoms with Crippen molar-refractivity contribution in [3.63, 3.8) is 0 Å². The molecule has 0 bridgehead atoms. The first-order valence-corrected chi connectivity index (χ1v) is 7.61. The van der Waals surface area contributed by atoms with E-state index in [0.717, 1.165) is 12.1 Å². The highest BCUT2D eigenvalue weighted by molar-refractivity contribution is 8.01. The number of aryl methyl sites for hydroxylation is 1. The van der Waals surface area contributed by atoms with Gasteiger partial charge in [-0.15, -0.1) is 11.8 Å². The van der Waals surface area contributed by atoms with E-state index in [4.69, 9.17) is 5.26 Å². The Morgan fingerprint density at radius 1 is 1.29 bits per heavy atom. The van der Waals surface area contributed by atoms with Gasteiger partial charge in [-0.25, -0.2) is 0 Å². The third-order valence-electron chi connectivity index (χ3n) is 3.47. The van der Waals surface area contributed by atoms with E-state index in [2.05, 4.69) is 36.5 Å². The number of fused-ring (bicyclic) bond motifs is 1. The third kappa shape index (κ3) is 2.93. The summed E-state index contributed by atoms with van der Waals surface area (Å²) in [4.78, 5) is 13.5. The molecule has 2 aromatic rings. The molecule has 3 nitrogen and oxygen atoms in total. The number of hydrogen-bond donors (Lipinski definition) is 1. The van der Waals surface area contributed by atoms with Gasteiger partial charge in [-0.1, -0.05) is 17.7 Å². The molecule has 0 spiro atoms. The molecule has 0 aliphatic carbocycles. The van der Waals surface area contributed by atoms with Gasteiger partial charge in [0.2, 0.25) is 5.91 Å². The van der Waals surface area contributed by atoms with E-state index in [1.54, 1.807) is 36.0 Å². The molecule has 1 heterocycles. The van der Waals surface area contributed by atoms with Crippen molar-refractivity contribution in [2.75, 3.05) is 5.32 Å². The van der Waals surface area contributed by atoms with Gasteiger partial charge in [0.05, 0.1) is 16.9 Å². The average molecular weight is 294 g/mol. The van der Waals surface area contributed by atoms with Crippen molar-refractivity contribution in [1.29, 1.82) is 5.26 Å². The highest BCUT2D eigenvalue weighted by atomic mass is 32.2. The largest absolute Gasteiger partial charge is 0.325 e. The fourth-order valence-electron chi connectivity index (χ4n) is 2.33. The summed E-state index contributed by atoms with van der Waals surface area (Å²) < 4.78 is 0. The van der Waals surface area contributed by atoms with Crippen molar-refractivity contribution in [1.82, 2.24) is 0 Å². The average Bonchev–Trinajstić information content (AvgIpc) is 2.91. The lowest BCUT2D eigenvalue weighted by molar-refractivity contribution is -0.115. The van der Waals surface area contributed by atoms with Gasteiger partial charge in [0.15, 0.2) is 0 Å². The van der Waals surface area contributed by atoms with E-state index < -0.39 is 0 Å². The minimum Gasteiger partial charge on any atom is -0.325 e. The van der Waals surface area contributed by atoms with Crippen LogP contribution in [0.25, 0.3) is 0 Å². The maximum Gasteiger partial charge on any atom is 0.238 e. The van der Waals surface area contributed by atoms with E-state index in [1.165, 1.54) is 16.0 Å². The molecule has 4 heteroatoms. The predicted octanol–water partition coefficient (Wildman–Crippen LogP) is 3.52. The smallest absolute Gasteiger partial charge is 0.238 e. The first-order chi connectivity index (χ1) is 10.2. The zero-order valence-corrected chi connectivity index (χ0v) is 12.4. The number of carbonyl (C=O) groups is 1. The molecule has 2 aromatic carbocycles. The number of nitriles is 1. The van der Waals surface area contributed by atoms with Crippen LogP contribution in [0.15, 0.2) is 47.4 Å². The highest BCUT2D eigenvalue weighted by Crippen LogP contribution is 2.38. The van der Waals surface area contributed by atoms with Crippen LogP contribution in [0.5, 0.6) is 0 Å². The third-order valence-corrected chi connectivity index (χ3v) is 4.77. The maximum atomic E-state index is 12.3. The standard InChI is InChI=1S/C17H14N2OS/c1-11-2-5-13-9-16(21-15(13)8-11)17(20)19-14-6-3-12(10-18)4-7-14/h2-8,16H,9H2,1H3,(H,19,20)/t16-/m1/s1. The summed E-state index contributed by atoms with van der Waals surface area (Å²) in [7, 11) is 0. The number of hydrogen-bond acceptors (Lipinski definition) is 3. The van der Waals surface area contributed by atoms with Crippen molar-refractivity contribution < 1.29 is 4.79 Å². The molecule has 0 unspecified atom stereocenters. The number of rotatable bonds is 2. The molecule has 1 N–H and O–H groups in total. The molecular formula is C17H14N2OS. The quantitative estimate of drug-likeness (QED) is 0.922. The predicted molar refractivity (Wildman–Crippen MR) is 84.3 cm³/mol. The molecular weight excluding hydrogens is 280 g/mol. The summed E-state index contributed by atoms with van der Waals surface area (Å²) in [5, 5.41) is 11.6. The maximum absolute atomic E-state index is 12.3. The van der Waals surface area contributed by atoms with Crippen LogP contribution in [-0.4, -0.2) is 11.2 Å². The number of nitrogens with zero attached hydrogens (tertiary/aromatic N) is 1. The monoisotopic (exact) mass is 294 g/mol. The van der Waals surface area contributed by atoms with E-state index in [-0.39, 0.29) is 11.2 Å². The van der Waals surface area contributed by atoms with Crippen LogP contribution in [0.2, 0.25) is 0 Å². The molecule has 0 saturated heterocycles. The van der Waals surface area contributed by atoms with Crippen molar-refractivity contribution in [2.45, 2.75) is 23.5 Å². The molecule has 21 heavy (non-hydrogen) atoms. The zero-order chi connectivity index (χ0) is 14.8. The number of anilines is 1. The van der Waals surface area contributed by atoms with Crippen molar-refractivity contribution in [3.05, 3.63) is 59.2 Å². The van der Waals surface area contributed by atoms with Gasteiger partial charge in [0, 0.05) is 10.6 Å². The first kappa shape index (κ1) is 13.7. The summed E-state index contributed by atoms with van der Waals surface area (Å²) in [6.45, 7) is 2.06. The molecule has 3 rings (SSSR count). The highest BCUT2D eigenvalue weighted by Gasteiger charge is 2.28. The topological polar surface area (TPSA) is 52.9 Å². The first-order valence-electron chi connectivity index (χ1n) is 6.73. The van der Waals surface area contributed by atoms with Crippen molar-refractivity contribution in [2.24, 2.45) is 0 Å². The van der Waals surface area contributed by atoms with Gasteiger partial charge in [-0.05, 0) is 49.2 Å². The summed E-state index contributed by atoms with van der Waals surface area (Å²) in [6, 6.07) is 15.3. The Bertz CT molecular complexity index is 731. The molecule has 0 fully saturated rings. The normalized spacial score (nSPS) is 16.1. The summed E-state index contributed by atoms with van der Waals surface area (Å²) in [6.07, 6.45) is 0.766. The van der Waals surface area contributed by atoms with Crippen LogP contribution in [0.1, 0.15) is 16.7 Å². The molecule has 104 valence electrons. The Kier molecular flexibility index (Phi) is 3.68. The van der Waals surface area contributed by atoms with Crippen LogP contribution in [-0.2, 0) is 11.2 Å². The number of amides is 1. The fourth-order valence-corrected chi connectivity index (χ4v) is 3.62. The summed E-state index contributed by atoms with van der Waals surface area (Å²) >= 11 is 1.62. The lowest BCUT2D eigenvalue weighted by Gasteiger charge is -2.09. The van der Waals surface area contributed by atoms with Crippen LogP contribution in [0.3, 0.4) is 0 Å². The molecule has 1 aliphatic heterocycles. The molecule has 1 aliphatic rings. The van der Waals surface area contributed by atoms with Crippen LogP contribution in [0, 0.1) is 18.3 Å². The Hall–Kier alpha value is -2.25. The molecule has 1 amide bonds. The molecule has 0 aromatic heterocycles. The van der Waals surface area contributed by atoms with Gasteiger partial charge < -0.3 is 5.32 Å². The van der Waals surface area contributed by atoms with E-state index in [9.17, 15) is 4.79 Å². The zero-order valence-electron chi connectivity index (χ0n) is 11.6. The number of carbonyl (C=O) groups excluding carboxylic acids is 1. The Balaban J connectivity index is 1.68. The molecule has 0 saturated carbocycles. The minimum absolute atomic E-state index is 0.0126. The van der Waals surface area contributed by atoms with Gasteiger partial charge in [0.25, 0.3) is 0 Å². The number of nitrogens with one attached hydrogen (secondary N) is 1. The van der Waals surface area contributed by atoms with Crippen LogP contribution in [0.4, 0.5) is 5.69 Å². The van der Waals surface area contributed by atoms with E-state index >= 15 is 0 Å². The Morgan fingerprint density at radius 3 is 2.76 bits per heavy atom. The lowest BCUT2D eigenvalue weighted by Crippen LogP contribution is -2.24. The van der Waals surface area contributed by atoms with Crippen LogP contribution < -0.4 is 5.32 Å². The van der Waals surface area contributed by atoms with Gasteiger partial charge in [-0.3, -0.25) is 4.79 Å². The van der Waals surface area contributed by atoms with Gasteiger partial charge >= 0.3 is 0 Å². The second-order valence-electron chi connectivity index (χ2n) is 5.10. The number of thioether (sulfide) groups is 1. The lowest BCUT2D eigenvalue weighted by atomic mass is 10.1. The van der Waals surface area contributed by atoms with Gasteiger partial charge in [-0.2, -0.15) is 5.26 Å². The molecule has 0 radical (unpaired) electrons. The number of benzene rings is 2. The minimum atomic E-state index is -0.0857. The molecule has 1 atom stereocenters. The van der Waals surface area contributed by atoms with Gasteiger partial charge in [0.1, 0.15) is 0 Å². The summed E-state index contributed by atoms with van der Waals surface area (Å²) in [5.74, 6) is 0.0126. The second-order valence-corrected chi connectivity index (χ2v) is 6.34.